The van der Waals surface area contributed by atoms with Crippen LogP contribution in [0.5, 0.6) is 5.75 Å². The van der Waals surface area contributed by atoms with Gasteiger partial charge in [-0.3, -0.25) is 9.59 Å². The summed E-state index contributed by atoms with van der Waals surface area (Å²) in [5.41, 5.74) is 0.213. The molecule has 0 atom stereocenters. The van der Waals surface area contributed by atoms with Gasteiger partial charge in [0.15, 0.2) is 5.69 Å². The lowest BCUT2D eigenvalue weighted by molar-refractivity contribution is 0.0520. The van der Waals surface area contributed by atoms with E-state index in [9.17, 15) is 14.4 Å². The standard InChI is InChI=1S/C23H18ClN3O5S/c1-3-32-23(30)19-17-12-33-21(25-20(28)13-7-9-16(31-2)10-8-13)18(17)22(29)27(26-19)15-6-4-5-14(24)11-15/h4-12H,3H2,1-2H3,(H,25,28). The first kappa shape index (κ1) is 22.5. The van der Waals surface area contributed by atoms with Gasteiger partial charge in [-0.1, -0.05) is 17.7 Å². The van der Waals surface area contributed by atoms with Crippen LogP contribution in [0.4, 0.5) is 5.00 Å². The molecular weight excluding hydrogens is 466 g/mol. The third kappa shape index (κ3) is 4.46. The Bertz CT molecular complexity index is 1410. The topological polar surface area (TPSA) is 99.5 Å². The van der Waals surface area contributed by atoms with Crippen LogP contribution in [-0.4, -0.2) is 35.4 Å². The van der Waals surface area contributed by atoms with Crippen molar-refractivity contribution in [1.29, 1.82) is 0 Å². The summed E-state index contributed by atoms with van der Waals surface area (Å²) in [6, 6.07) is 13.1. The summed E-state index contributed by atoms with van der Waals surface area (Å²) in [7, 11) is 1.53. The number of esters is 1. The summed E-state index contributed by atoms with van der Waals surface area (Å²) in [6.07, 6.45) is 0. The van der Waals surface area contributed by atoms with Gasteiger partial charge in [-0.15, -0.1) is 11.3 Å². The van der Waals surface area contributed by atoms with Crippen molar-refractivity contribution in [3.63, 3.8) is 0 Å². The van der Waals surface area contributed by atoms with E-state index < -0.39 is 17.4 Å². The Hall–Kier alpha value is -3.69. The highest BCUT2D eigenvalue weighted by Crippen LogP contribution is 2.31. The highest BCUT2D eigenvalue weighted by atomic mass is 35.5. The molecule has 0 aliphatic rings. The summed E-state index contributed by atoms with van der Waals surface area (Å²) in [4.78, 5) is 38.8. The van der Waals surface area contributed by atoms with Crippen LogP contribution in [-0.2, 0) is 4.74 Å². The molecule has 2 aromatic heterocycles. The van der Waals surface area contributed by atoms with Gasteiger partial charge in [0.2, 0.25) is 0 Å². The minimum absolute atomic E-state index is 0.0346. The highest BCUT2D eigenvalue weighted by molar-refractivity contribution is 7.16. The molecule has 10 heteroatoms. The average Bonchev–Trinajstić information content (AvgIpc) is 3.23. The first-order valence-corrected chi connectivity index (χ1v) is 11.1. The average molecular weight is 484 g/mol. The fourth-order valence-corrected chi connectivity index (χ4v) is 4.31. The number of hydrogen-bond acceptors (Lipinski definition) is 7. The van der Waals surface area contributed by atoms with Gasteiger partial charge in [-0.25, -0.2) is 4.79 Å². The van der Waals surface area contributed by atoms with Crippen molar-refractivity contribution >= 4 is 50.6 Å². The monoisotopic (exact) mass is 483 g/mol. The van der Waals surface area contributed by atoms with E-state index in [1.807, 2.05) is 0 Å². The number of fused-ring (bicyclic) bond motifs is 1. The van der Waals surface area contributed by atoms with Gasteiger partial charge in [0.25, 0.3) is 11.5 Å². The molecule has 0 aliphatic heterocycles. The van der Waals surface area contributed by atoms with Gasteiger partial charge < -0.3 is 14.8 Å². The number of aromatic nitrogens is 2. The highest BCUT2D eigenvalue weighted by Gasteiger charge is 2.23. The Morgan fingerprint density at radius 2 is 1.94 bits per heavy atom. The van der Waals surface area contributed by atoms with Crippen molar-refractivity contribution in [2.45, 2.75) is 6.92 Å². The second-order valence-electron chi connectivity index (χ2n) is 6.80. The van der Waals surface area contributed by atoms with E-state index in [1.165, 1.54) is 7.11 Å². The van der Waals surface area contributed by atoms with Crippen LogP contribution >= 0.6 is 22.9 Å². The van der Waals surface area contributed by atoms with Crippen LogP contribution < -0.4 is 15.6 Å². The lowest BCUT2D eigenvalue weighted by Crippen LogP contribution is -2.25. The van der Waals surface area contributed by atoms with Crippen LogP contribution in [0.2, 0.25) is 5.02 Å². The molecule has 0 fully saturated rings. The fourth-order valence-electron chi connectivity index (χ4n) is 3.19. The van der Waals surface area contributed by atoms with Gasteiger partial charge in [0, 0.05) is 21.4 Å². The Labute approximate surface area is 197 Å². The number of halogens is 1. The number of anilines is 1. The molecule has 0 saturated heterocycles. The number of amides is 1. The molecular formula is C23H18ClN3O5S. The van der Waals surface area contributed by atoms with E-state index in [-0.39, 0.29) is 17.7 Å². The second kappa shape index (κ2) is 9.43. The predicted octanol–water partition coefficient (Wildman–Crippen LogP) is 4.54. The summed E-state index contributed by atoms with van der Waals surface area (Å²) in [5, 5.41) is 9.76. The lowest BCUT2D eigenvalue weighted by Gasteiger charge is -2.10. The van der Waals surface area contributed by atoms with Gasteiger partial charge in [-0.05, 0) is 49.4 Å². The van der Waals surface area contributed by atoms with Crippen LogP contribution in [0, 0.1) is 0 Å². The van der Waals surface area contributed by atoms with Crippen LogP contribution in [0.1, 0.15) is 27.8 Å². The predicted molar refractivity (Wildman–Crippen MR) is 127 cm³/mol. The number of benzene rings is 2. The van der Waals surface area contributed by atoms with Crippen molar-refractivity contribution in [3.8, 4) is 11.4 Å². The van der Waals surface area contributed by atoms with Gasteiger partial charge in [0.05, 0.1) is 24.8 Å². The Morgan fingerprint density at radius 3 is 2.61 bits per heavy atom. The molecule has 2 aromatic carbocycles. The lowest BCUT2D eigenvalue weighted by atomic mass is 10.2. The van der Waals surface area contributed by atoms with E-state index in [0.29, 0.717) is 32.4 Å². The quantitative estimate of drug-likeness (QED) is 0.404. The van der Waals surface area contributed by atoms with Crippen LogP contribution in [0.25, 0.3) is 16.5 Å². The third-order valence-corrected chi connectivity index (χ3v) is 5.88. The zero-order chi connectivity index (χ0) is 23.5. The minimum atomic E-state index is -0.677. The van der Waals surface area contributed by atoms with Crippen LogP contribution in [0.15, 0.2) is 58.7 Å². The number of nitrogens with zero attached hydrogens (tertiary/aromatic N) is 2. The molecule has 0 unspecified atom stereocenters. The molecule has 4 aromatic rings. The third-order valence-electron chi connectivity index (χ3n) is 4.75. The summed E-state index contributed by atoms with van der Waals surface area (Å²) < 4.78 is 11.3. The fraction of sp³-hybridized carbons (Fsp3) is 0.130. The molecule has 2 heterocycles. The summed E-state index contributed by atoms with van der Waals surface area (Å²) in [6.45, 7) is 1.82. The van der Waals surface area contributed by atoms with E-state index in [2.05, 4.69) is 10.4 Å². The van der Waals surface area contributed by atoms with Crippen molar-refractivity contribution in [2.75, 3.05) is 19.0 Å². The molecule has 168 valence electrons. The Balaban J connectivity index is 1.85. The van der Waals surface area contributed by atoms with E-state index >= 15 is 0 Å². The summed E-state index contributed by atoms with van der Waals surface area (Å²) >= 11 is 7.21. The zero-order valence-electron chi connectivity index (χ0n) is 17.6. The largest absolute Gasteiger partial charge is 0.497 e. The Kier molecular flexibility index (Phi) is 6.43. The molecule has 0 radical (unpaired) electrons. The number of hydrogen-bond donors (Lipinski definition) is 1. The van der Waals surface area contributed by atoms with Gasteiger partial charge >= 0.3 is 5.97 Å². The maximum atomic E-state index is 13.4. The van der Waals surface area contributed by atoms with Crippen molar-refractivity contribution < 1.29 is 19.1 Å². The van der Waals surface area contributed by atoms with Crippen LogP contribution in [0.3, 0.4) is 0 Å². The van der Waals surface area contributed by atoms with E-state index in [1.54, 1.807) is 60.8 Å². The molecule has 33 heavy (non-hydrogen) atoms. The smallest absolute Gasteiger partial charge is 0.359 e. The zero-order valence-corrected chi connectivity index (χ0v) is 19.2. The normalized spacial score (nSPS) is 10.8. The van der Waals surface area contributed by atoms with E-state index in [4.69, 9.17) is 21.1 Å². The number of methoxy groups -OCH3 is 1. The summed E-state index contributed by atoms with van der Waals surface area (Å²) in [5.74, 6) is -0.476. The number of nitrogens with one attached hydrogen (secondary N) is 1. The maximum absolute atomic E-state index is 13.4. The number of carbonyl (C=O) groups excluding carboxylic acids is 2. The molecule has 0 bridgehead atoms. The molecule has 4 rings (SSSR count). The SMILES string of the molecule is CCOC(=O)c1nn(-c2cccc(Cl)c2)c(=O)c2c(NC(=O)c3ccc(OC)cc3)scc12. The first-order valence-electron chi connectivity index (χ1n) is 9.86. The van der Waals surface area contributed by atoms with Crippen molar-refractivity contribution in [2.24, 2.45) is 0 Å². The molecule has 0 spiro atoms. The van der Waals surface area contributed by atoms with Crippen molar-refractivity contribution in [1.82, 2.24) is 9.78 Å². The number of rotatable bonds is 6. The molecule has 8 nitrogen and oxygen atoms in total. The molecule has 1 amide bonds. The number of thiophene rings is 1. The Morgan fingerprint density at radius 1 is 1.18 bits per heavy atom. The first-order chi connectivity index (χ1) is 15.9. The molecule has 0 aliphatic carbocycles. The second-order valence-corrected chi connectivity index (χ2v) is 8.12. The van der Waals surface area contributed by atoms with Gasteiger partial charge in [-0.2, -0.15) is 9.78 Å². The number of ether oxygens (including phenoxy) is 2. The van der Waals surface area contributed by atoms with Gasteiger partial charge in [0.1, 0.15) is 10.8 Å². The van der Waals surface area contributed by atoms with E-state index in [0.717, 1.165) is 16.0 Å². The number of carbonyl (C=O) groups is 2. The molecule has 0 saturated carbocycles. The molecule has 1 N–H and O–H groups in total. The van der Waals surface area contributed by atoms with Crippen molar-refractivity contribution in [3.05, 3.63) is 80.5 Å². The minimum Gasteiger partial charge on any atom is -0.497 e. The maximum Gasteiger partial charge on any atom is 0.359 e.